The molecule has 0 saturated carbocycles. The highest BCUT2D eigenvalue weighted by atomic mass is 32.1. The van der Waals surface area contributed by atoms with Gasteiger partial charge in [-0.15, -0.1) is 11.3 Å². The molecule has 0 bridgehead atoms. The average molecular weight is 435 g/mol. The molecule has 1 atom stereocenters. The van der Waals surface area contributed by atoms with Crippen LogP contribution in [0.25, 0.3) is 5.65 Å². The summed E-state index contributed by atoms with van der Waals surface area (Å²) in [5, 5.41) is 7.96. The van der Waals surface area contributed by atoms with Gasteiger partial charge in [-0.3, -0.25) is 14.7 Å². The molecule has 7 heteroatoms. The Hall–Kier alpha value is -3.19. The Morgan fingerprint density at radius 1 is 1.16 bits per heavy atom. The van der Waals surface area contributed by atoms with Gasteiger partial charge in [-0.2, -0.15) is 0 Å². The van der Waals surface area contributed by atoms with Gasteiger partial charge >= 0.3 is 0 Å². The first-order valence-electron chi connectivity index (χ1n) is 10.3. The number of benzene rings is 1. The van der Waals surface area contributed by atoms with E-state index >= 15 is 0 Å². The van der Waals surface area contributed by atoms with Crippen molar-refractivity contribution in [3.63, 3.8) is 0 Å². The number of aryl methyl sites for hydroxylation is 2. The fourth-order valence-corrected chi connectivity index (χ4v) is 4.63. The summed E-state index contributed by atoms with van der Waals surface area (Å²) in [4.78, 5) is 30.4. The lowest BCUT2D eigenvalue weighted by atomic mass is 9.98. The number of carbonyl (C=O) groups excluding carboxylic acids is 1. The lowest BCUT2D eigenvalue weighted by molar-refractivity contribution is -0.120. The van der Waals surface area contributed by atoms with Crippen molar-refractivity contribution < 1.29 is 4.79 Å². The minimum atomic E-state index is -0.211. The highest BCUT2D eigenvalue weighted by Gasteiger charge is 2.20. The Kier molecular flexibility index (Phi) is 5.78. The van der Waals surface area contributed by atoms with Crippen molar-refractivity contribution in [3.05, 3.63) is 91.2 Å². The standard InChI is InChI=1S/C24H26N4O2S/c1-14(2)17-7-9-18(10-8-17)24(20-6-5-11-31-20)26-22(29)12-19-15(3)25-21-13-23(30)27-28(21)16(19)4/h5-11,13-14,24H,12H2,1-4H3,(H,26,29)(H,27,30). The van der Waals surface area contributed by atoms with Crippen LogP contribution in [0.15, 0.2) is 52.6 Å². The smallest absolute Gasteiger partial charge is 0.266 e. The third-order valence-corrected chi connectivity index (χ3v) is 6.55. The van der Waals surface area contributed by atoms with E-state index in [1.165, 1.54) is 11.6 Å². The normalized spacial score (nSPS) is 12.4. The Bertz CT molecular complexity index is 1270. The molecule has 2 N–H and O–H groups in total. The molecule has 0 radical (unpaired) electrons. The Balaban J connectivity index is 1.61. The fraction of sp³-hybridized carbons (Fsp3) is 0.292. The zero-order valence-corrected chi connectivity index (χ0v) is 18.9. The number of nitrogens with one attached hydrogen (secondary N) is 2. The number of nitrogens with zero attached hydrogens (tertiary/aromatic N) is 2. The Labute approximate surface area is 185 Å². The molecular weight excluding hydrogens is 408 g/mol. The summed E-state index contributed by atoms with van der Waals surface area (Å²) in [6.07, 6.45) is 0.187. The molecule has 4 rings (SSSR count). The number of aromatic amines is 1. The van der Waals surface area contributed by atoms with Crippen LogP contribution in [0.5, 0.6) is 0 Å². The first-order valence-corrected chi connectivity index (χ1v) is 11.2. The number of H-pyrrole nitrogens is 1. The predicted octanol–water partition coefficient (Wildman–Crippen LogP) is 4.27. The maximum Gasteiger partial charge on any atom is 0.266 e. The summed E-state index contributed by atoms with van der Waals surface area (Å²) in [6.45, 7) is 8.10. The van der Waals surface area contributed by atoms with Gasteiger partial charge in [0, 0.05) is 27.9 Å². The van der Waals surface area contributed by atoms with Gasteiger partial charge < -0.3 is 5.32 Å². The first-order chi connectivity index (χ1) is 14.8. The fourth-order valence-electron chi connectivity index (χ4n) is 3.83. The van der Waals surface area contributed by atoms with Gasteiger partial charge in [-0.1, -0.05) is 44.2 Å². The maximum absolute atomic E-state index is 13.1. The highest BCUT2D eigenvalue weighted by Crippen LogP contribution is 2.28. The minimum absolute atomic E-state index is 0.0896. The molecule has 0 spiro atoms. The van der Waals surface area contributed by atoms with Gasteiger partial charge in [0.05, 0.1) is 12.5 Å². The summed E-state index contributed by atoms with van der Waals surface area (Å²) >= 11 is 1.62. The number of amides is 1. The largest absolute Gasteiger partial charge is 0.344 e. The van der Waals surface area contributed by atoms with Crippen molar-refractivity contribution in [2.24, 2.45) is 0 Å². The SMILES string of the molecule is Cc1nc2cc(=O)[nH]n2c(C)c1CC(=O)NC(c1ccc(C(C)C)cc1)c1cccs1. The Morgan fingerprint density at radius 2 is 1.87 bits per heavy atom. The number of hydrogen-bond acceptors (Lipinski definition) is 4. The number of thiophene rings is 1. The molecule has 0 aliphatic heterocycles. The lowest BCUT2D eigenvalue weighted by Crippen LogP contribution is -2.31. The molecule has 3 aromatic heterocycles. The minimum Gasteiger partial charge on any atom is -0.344 e. The summed E-state index contributed by atoms with van der Waals surface area (Å²) in [5.41, 5.74) is 5.06. The van der Waals surface area contributed by atoms with Crippen LogP contribution in [0.2, 0.25) is 0 Å². The number of carbonyl (C=O) groups is 1. The van der Waals surface area contributed by atoms with E-state index in [1.807, 2.05) is 31.4 Å². The maximum atomic E-state index is 13.1. The van der Waals surface area contributed by atoms with Crippen molar-refractivity contribution in [1.82, 2.24) is 19.9 Å². The van der Waals surface area contributed by atoms with Crippen molar-refractivity contribution >= 4 is 22.9 Å². The van der Waals surface area contributed by atoms with Gasteiger partial charge in [-0.05, 0) is 42.3 Å². The number of aromatic nitrogens is 3. The second kappa shape index (κ2) is 8.51. The molecule has 160 valence electrons. The van der Waals surface area contributed by atoms with Crippen LogP contribution in [0.4, 0.5) is 0 Å². The third-order valence-electron chi connectivity index (χ3n) is 5.61. The highest BCUT2D eigenvalue weighted by molar-refractivity contribution is 7.10. The second-order valence-electron chi connectivity index (χ2n) is 8.09. The third kappa shape index (κ3) is 4.32. The molecule has 0 saturated heterocycles. The number of hydrogen-bond donors (Lipinski definition) is 2. The zero-order chi connectivity index (χ0) is 22.1. The summed E-state index contributed by atoms with van der Waals surface area (Å²) < 4.78 is 1.64. The first kappa shape index (κ1) is 21.1. The molecule has 1 unspecified atom stereocenters. The van der Waals surface area contributed by atoms with Crippen molar-refractivity contribution in [2.45, 2.75) is 46.1 Å². The quantitative estimate of drug-likeness (QED) is 0.476. The second-order valence-corrected chi connectivity index (χ2v) is 9.07. The van der Waals surface area contributed by atoms with E-state index in [-0.39, 0.29) is 23.9 Å². The molecule has 4 aromatic rings. The van der Waals surface area contributed by atoms with Gasteiger partial charge in [0.1, 0.15) is 0 Å². The van der Waals surface area contributed by atoms with Crippen LogP contribution in [0.3, 0.4) is 0 Å². The van der Waals surface area contributed by atoms with Crippen LogP contribution in [-0.2, 0) is 11.2 Å². The van der Waals surface area contributed by atoms with Gasteiger partial charge in [-0.25, -0.2) is 9.50 Å². The lowest BCUT2D eigenvalue weighted by Gasteiger charge is -2.20. The van der Waals surface area contributed by atoms with Crippen LogP contribution in [0.1, 0.15) is 58.8 Å². The van der Waals surface area contributed by atoms with Crippen molar-refractivity contribution in [2.75, 3.05) is 0 Å². The Morgan fingerprint density at radius 3 is 2.52 bits per heavy atom. The molecule has 0 aliphatic rings. The average Bonchev–Trinajstić information content (AvgIpc) is 3.39. The number of fused-ring (bicyclic) bond motifs is 1. The topological polar surface area (TPSA) is 79.3 Å². The van der Waals surface area contributed by atoms with Crippen molar-refractivity contribution in [1.29, 1.82) is 0 Å². The van der Waals surface area contributed by atoms with Gasteiger partial charge in [0.25, 0.3) is 5.56 Å². The molecule has 6 nitrogen and oxygen atoms in total. The van der Waals surface area contributed by atoms with E-state index in [0.717, 1.165) is 27.4 Å². The molecule has 1 amide bonds. The van der Waals surface area contributed by atoms with Gasteiger partial charge in [0.15, 0.2) is 5.65 Å². The summed E-state index contributed by atoms with van der Waals surface area (Å²) in [6, 6.07) is 13.7. The van der Waals surface area contributed by atoms with E-state index in [2.05, 4.69) is 53.5 Å². The molecule has 0 aliphatic carbocycles. The zero-order valence-electron chi connectivity index (χ0n) is 18.1. The van der Waals surface area contributed by atoms with E-state index in [1.54, 1.807) is 15.9 Å². The van der Waals surface area contributed by atoms with Crippen LogP contribution >= 0.6 is 11.3 Å². The molecule has 3 heterocycles. The number of rotatable bonds is 6. The van der Waals surface area contributed by atoms with E-state index in [9.17, 15) is 9.59 Å². The van der Waals surface area contributed by atoms with E-state index in [4.69, 9.17) is 0 Å². The van der Waals surface area contributed by atoms with E-state index < -0.39 is 0 Å². The van der Waals surface area contributed by atoms with Crippen LogP contribution in [0, 0.1) is 13.8 Å². The van der Waals surface area contributed by atoms with Crippen LogP contribution in [-0.4, -0.2) is 20.5 Å². The monoisotopic (exact) mass is 434 g/mol. The van der Waals surface area contributed by atoms with Gasteiger partial charge in [0.2, 0.25) is 5.91 Å². The van der Waals surface area contributed by atoms with Crippen molar-refractivity contribution in [3.8, 4) is 0 Å². The van der Waals surface area contributed by atoms with E-state index in [0.29, 0.717) is 11.6 Å². The summed E-state index contributed by atoms with van der Waals surface area (Å²) in [5.74, 6) is 0.366. The molecule has 1 aromatic carbocycles. The molecular formula is C24H26N4O2S. The molecule has 31 heavy (non-hydrogen) atoms. The molecule has 0 fully saturated rings. The predicted molar refractivity (Wildman–Crippen MR) is 124 cm³/mol. The summed E-state index contributed by atoms with van der Waals surface area (Å²) in [7, 11) is 0. The van der Waals surface area contributed by atoms with Crippen LogP contribution < -0.4 is 10.9 Å².